The Labute approximate surface area is 125 Å². The predicted octanol–water partition coefficient (Wildman–Crippen LogP) is 1.22. The third kappa shape index (κ3) is 2.94. The molecule has 2 aromatic rings. The summed E-state index contributed by atoms with van der Waals surface area (Å²) in [6.45, 7) is 2.59. The average molecular weight is 307 g/mol. The Bertz CT molecular complexity index is 636. The van der Waals surface area contributed by atoms with Crippen LogP contribution < -0.4 is 10.6 Å². The highest BCUT2D eigenvalue weighted by Crippen LogP contribution is 2.19. The van der Waals surface area contributed by atoms with Gasteiger partial charge < -0.3 is 15.5 Å². The fourth-order valence-electron chi connectivity index (χ4n) is 2.28. The minimum atomic E-state index is -0.249. The SMILES string of the molecule is Nc1nnc(C(=O)N2CCN(c3ccc(F)cc3)CC2)s1. The highest BCUT2D eigenvalue weighted by atomic mass is 32.1. The Balaban J connectivity index is 1.62. The lowest BCUT2D eigenvalue weighted by atomic mass is 10.2. The van der Waals surface area contributed by atoms with Crippen molar-refractivity contribution in [1.82, 2.24) is 15.1 Å². The summed E-state index contributed by atoms with van der Waals surface area (Å²) >= 11 is 1.10. The fraction of sp³-hybridized carbons (Fsp3) is 0.308. The Morgan fingerprint density at radius 1 is 1.14 bits per heavy atom. The summed E-state index contributed by atoms with van der Waals surface area (Å²) in [5.74, 6) is -0.385. The number of rotatable bonds is 2. The van der Waals surface area contributed by atoms with Crippen molar-refractivity contribution in [3.05, 3.63) is 35.1 Å². The number of nitrogens with zero attached hydrogens (tertiary/aromatic N) is 4. The Morgan fingerprint density at radius 3 is 2.38 bits per heavy atom. The maximum absolute atomic E-state index is 12.9. The molecule has 0 aliphatic carbocycles. The Morgan fingerprint density at radius 2 is 1.81 bits per heavy atom. The fourth-order valence-corrected chi connectivity index (χ4v) is 2.85. The highest BCUT2D eigenvalue weighted by molar-refractivity contribution is 7.16. The molecule has 110 valence electrons. The molecule has 0 spiro atoms. The maximum atomic E-state index is 12.9. The number of carbonyl (C=O) groups is 1. The number of amides is 1. The molecular formula is C13H14FN5OS. The van der Waals surface area contributed by atoms with Crippen molar-refractivity contribution in [2.75, 3.05) is 36.8 Å². The normalized spacial score (nSPS) is 15.3. The summed E-state index contributed by atoms with van der Waals surface area (Å²) in [7, 11) is 0. The predicted molar refractivity (Wildman–Crippen MR) is 78.8 cm³/mol. The van der Waals surface area contributed by atoms with Gasteiger partial charge in [-0.15, -0.1) is 10.2 Å². The lowest BCUT2D eigenvalue weighted by Crippen LogP contribution is -2.48. The third-order valence-corrected chi connectivity index (χ3v) is 4.12. The number of aromatic nitrogens is 2. The largest absolute Gasteiger partial charge is 0.374 e. The van der Waals surface area contributed by atoms with E-state index in [4.69, 9.17) is 5.73 Å². The Kier molecular flexibility index (Phi) is 3.70. The van der Waals surface area contributed by atoms with E-state index in [9.17, 15) is 9.18 Å². The molecule has 0 radical (unpaired) electrons. The second-order valence-electron chi connectivity index (χ2n) is 4.70. The lowest BCUT2D eigenvalue weighted by Gasteiger charge is -2.35. The molecule has 1 fully saturated rings. The van der Waals surface area contributed by atoms with Crippen molar-refractivity contribution in [3.8, 4) is 0 Å². The van der Waals surface area contributed by atoms with Gasteiger partial charge in [-0.05, 0) is 24.3 Å². The van der Waals surface area contributed by atoms with Gasteiger partial charge in [0.15, 0.2) is 0 Å². The van der Waals surface area contributed by atoms with E-state index in [1.54, 1.807) is 17.0 Å². The molecule has 2 heterocycles. The number of piperazine rings is 1. The van der Waals surface area contributed by atoms with Gasteiger partial charge in [0.2, 0.25) is 10.1 Å². The molecule has 2 N–H and O–H groups in total. The number of carbonyl (C=O) groups excluding carboxylic acids is 1. The number of anilines is 2. The van der Waals surface area contributed by atoms with Gasteiger partial charge in [0.05, 0.1) is 0 Å². The van der Waals surface area contributed by atoms with Crippen LogP contribution in [0.2, 0.25) is 0 Å². The van der Waals surface area contributed by atoms with Crippen LogP contribution in [0, 0.1) is 5.82 Å². The van der Waals surface area contributed by atoms with E-state index >= 15 is 0 Å². The summed E-state index contributed by atoms with van der Waals surface area (Å²) < 4.78 is 12.9. The summed E-state index contributed by atoms with van der Waals surface area (Å²) in [5.41, 5.74) is 6.45. The Hall–Kier alpha value is -2.22. The monoisotopic (exact) mass is 307 g/mol. The second-order valence-corrected chi connectivity index (χ2v) is 5.71. The van der Waals surface area contributed by atoms with Crippen molar-refractivity contribution in [2.45, 2.75) is 0 Å². The van der Waals surface area contributed by atoms with Gasteiger partial charge in [-0.2, -0.15) is 0 Å². The van der Waals surface area contributed by atoms with Gasteiger partial charge in [0, 0.05) is 31.9 Å². The molecule has 0 unspecified atom stereocenters. The van der Waals surface area contributed by atoms with Gasteiger partial charge in [-0.25, -0.2) is 4.39 Å². The number of halogens is 1. The van der Waals surface area contributed by atoms with E-state index in [1.807, 2.05) is 0 Å². The molecule has 1 aliphatic rings. The van der Waals surface area contributed by atoms with Crippen molar-refractivity contribution < 1.29 is 9.18 Å². The van der Waals surface area contributed by atoms with Gasteiger partial charge in [-0.3, -0.25) is 4.79 Å². The van der Waals surface area contributed by atoms with Crippen LogP contribution >= 0.6 is 11.3 Å². The van der Waals surface area contributed by atoms with Gasteiger partial charge >= 0.3 is 0 Å². The smallest absolute Gasteiger partial charge is 0.285 e. The molecule has 1 amide bonds. The second kappa shape index (κ2) is 5.65. The van der Waals surface area contributed by atoms with Crippen LogP contribution in [-0.2, 0) is 0 Å². The first-order chi connectivity index (χ1) is 10.1. The standard InChI is InChI=1S/C13H14FN5OS/c14-9-1-3-10(4-2-9)18-5-7-19(8-6-18)12(20)11-16-17-13(15)21-11/h1-4H,5-8H2,(H2,15,17). The summed E-state index contributed by atoms with van der Waals surface area (Å²) in [5, 5.41) is 8.05. The molecule has 3 rings (SSSR count). The third-order valence-electron chi connectivity index (χ3n) is 3.38. The molecule has 6 nitrogen and oxygen atoms in total. The van der Waals surface area contributed by atoms with E-state index in [0.29, 0.717) is 36.3 Å². The van der Waals surface area contributed by atoms with Crippen LogP contribution in [-0.4, -0.2) is 47.2 Å². The van der Waals surface area contributed by atoms with Gasteiger partial charge in [0.25, 0.3) is 5.91 Å². The van der Waals surface area contributed by atoms with Crippen molar-refractivity contribution in [3.63, 3.8) is 0 Å². The molecule has 1 aliphatic heterocycles. The molecule has 8 heteroatoms. The van der Waals surface area contributed by atoms with E-state index in [0.717, 1.165) is 17.0 Å². The summed E-state index contributed by atoms with van der Waals surface area (Å²) in [6, 6.07) is 6.38. The molecule has 0 saturated carbocycles. The molecule has 1 aromatic heterocycles. The van der Waals surface area contributed by atoms with Crippen LogP contribution in [0.3, 0.4) is 0 Å². The van der Waals surface area contributed by atoms with E-state index in [-0.39, 0.29) is 11.7 Å². The quantitative estimate of drug-likeness (QED) is 0.903. The van der Waals surface area contributed by atoms with E-state index < -0.39 is 0 Å². The van der Waals surface area contributed by atoms with Crippen LogP contribution in [0.4, 0.5) is 15.2 Å². The number of benzene rings is 1. The van der Waals surface area contributed by atoms with Crippen molar-refractivity contribution in [1.29, 1.82) is 0 Å². The first-order valence-corrected chi connectivity index (χ1v) is 7.34. The summed E-state index contributed by atoms with van der Waals surface area (Å²) in [4.78, 5) is 16.1. The average Bonchev–Trinajstić information content (AvgIpc) is 2.94. The zero-order valence-corrected chi connectivity index (χ0v) is 12.0. The minimum Gasteiger partial charge on any atom is -0.374 e. The zero-order valence-electron chi connectivity index (χ0n) is 11.2. The van der Waals surface area contributed by atoms with Crippen molar-refractivity contribution >= 4 is 28.1 Å². The molecule has 1 aromatic carbocycles. The van der Waals surface area contributed by atoms with Crippen LogP contribution in [0.1, 0.15) is 9.80 Å². The number of nitrogen functional groups attached to an aromatic ring is 1. The molecular weight excluding hydrogens is 293 g/mol. The zero-order chi connectivity index (χ0) is 14.8. The van der Waals surface area contributed by atoms with Crippen molar-refractivity contribution in [2.24, 2.45) is 0 Å². The lowest BCUT2D eigenvalue weighted by molar-refractivity contribution is 0.0745. The van der Waals surface area contributed by atoms with Crippen LogP contribution in [0.15, 0.2) is 24.3 Å². The van der Waals surface area contributed by atoms with Gasteiger partial charge in [-0.1, -0.05) is 11.3 Å². The maximum Gasteiger partial charge on any atom is 0.285 e. The topological polar surface area (TPSA) is 75.3 Å². The van der Waals surface area contributed by atoms with E-state index in [1.165, 1.54) is 12.1 Å². The highest BCUT2D eigenvalue weighted by Gasteiger charge is 2.24. The molecule has 0 bridgehead atoms. The van der Waals surface area contributed by atoms with Crippen LogP contribution in [0.25, 0.3) is 0 Å². The number of hydrogen-bond acceptors (Lipinski definition) is 6. The van der Waals surface area contributed by atoms with E-state index in [2.05, 4.69) is 15.1 Å². The molecule has 21 heavy (non-hydrogen) atoms. The summed E-state index contributed by atoms with van der Waals surface area (Å²) in [6.07, 6.45) is 0. The molecule has 0 atom stereocenters. The van der Waals surface area contributed by atoms with Crippen LogP contribution in [0.5, 0.6) is 0 Å². The van der Waals surface area contributed by atoms with Gasteiger partial charge in [0.1, 0.15) is 5.82 Å². The first kappa shape index (κ1) is 13.7. The minimum absolute atomic E-state index is 0.136. The number of hydrogen-bond donors (Lipinski definition) is 1. The number of nitrogens with two attached hydrogens (primary N) is 1. The molecule has 1 saturated heterocycles. The first-order valence-electron chi connectivity index (χ1n) is 6.52.